The Bertz CT molecular complexity index is 588. The van der Waals surface area contributed by atoms with Crippen LogP contribution < -0.4 is 0 Å². The Labute approximate surface area is 112 Å². The van der Waals surface area contributed by atoms with Crippen LogP contribution in [0.3, 0.4) is 0 Å². The number of benzene rings is 1. The second kappa shape index (κ2) is 3.64. The molecule has 1 aromatic rings. The maximum atomic E-state index is 12.6. The van der Waals surface area contributed by atoms with Gasteiger partial charge in [0.2, 0.25) is 11.6 Å². The number of ether oxygens (including phenoxy) is 1. The lowest BCUT2D eigenvalue weighted by atomic mass is 9.84. The average molecular weight is 256 g/mol. The van der Waals surface area contributed by atoms with E-state index in [0.29, 0.717) is 17.5 Å². The van der Waals surface area contributed by atoms with Gasteiger partial charge in [0.05, 0.1) is 5.60 Å². The topological polar surface area (TPSA) is 43.4 Å². The third-order valence-corrected chi connectivity index (χ3v) is 4.22. The minimum Gasteiger partial charge on any atom is -0.348 e. The first-order valence-corrected chi connectivity index (χ1v) is 6.44. The van der Waals surface area contributed by atoms with Crippen LogP contribution in [0.15, 0.2) is 35.9 Å². The molecule has 3 nitrogen and oxygen atoms in total. The Hall–Kier alpha value is -1.74. The highest BCUT2D eigenvalue weighted by Gasteiger charge is 2.57. The summed E-state index contributed by atoms with van der Waals surface area (Å²) >= 11 is 0. The van der Waals surface area contributed by atoms with Crippen molar-refractivity contribution in [2.24, 2.45) is 0 Å². The lowest BCUT2D eigenvalue weighted by Crippen LogP contribution is -2.52. The summed E-state index contributed by atoms with van der Waals surface area (Å²) in [5.74, 6) is -0.408. The van der Waals surface area contributed by atoms with Gasteiger partial charge in [0.15, 0.2) is 5.60 Å². The summed E-state index contributed by atoms with van der Waals surface area (Å²) in [7, 11) is 0. The van der Waals surface area contributed by atoms with Gasteiger partial charge < -0.3 is 4.74 Å². The van der Waals surface area contributed by atoms with E-state index >= 15 is 0 Å². The second-order valence-corrected chi connectivity index (χ2v) is 5.73. The molecule has 0 amide bonds. The van der Waals surface area contributed by atoms with E-state index in [1.165, 1.54) is 0 Å². The molecule has 0 aromatic heterocycles. The van der Waals surface area contributed by atoms with E-state index in [9.17, 15) is 9.59 Å². The minimum absolute atomic E-state index is 0.204. The molecule has 1 aromatic carbocycles. The van der Waals surface area contributed by atoms with Crippen molar-refractivity contribution in [3.63, 3.8) is 0 Å². The van der Waals surface area contributed by atoms with Gasteiger partial charge in [0, 0.05) is 17.5 Å². The van der Waals surface area contributed by atoms with Crippen molar-refractivity contribution >= 4 is 11.6 Å². The van der Waals surface area contributed by atoms with Gasteiger partial charge in [-0.25, -0.2) is 0 Å². The van der Waals surface area contributed by atoms with Gasteiger partial charge in [0.25, 0.3) is 0 Å². The summed E-state index contributed by atoms with van der Waals surface area (Å²) in [5, 5.41) is 0. The van der Waals surface area contributed by atoms with E-state index in [4.69, 9.17) is 4.74 Å². The van der Waals surface area contributed by atoms with E-state index in [1.54, 1.807) is 24.3 Å². The van der Waals surface area contributed by atoms with Crippen LogP contribution in [0.2, 0.25) is 0 Å². The molecular weight excluding hydrogens is 240 g/mol. The first-order chi connectivity index (χ1) is 8.88. The van der Waals surface area contributed by atoms with Crippen LogP contribution in [0.25, 0.3) is 0 Å². The summed E-state index contributed by atoms with van der Waals surface area (Å²) in [4.78, 5) is 25.2. The number of ketones is 2. The van der Waals surface area contributed by atoms with Crippen LogP contribution >= 0.6 is 0 Å². The molecule has 1 aliphatic heterocycles. The largest absolute Gasteiger partial charge is 0.348 e. The molecule has 0 N–H and O–H groups in total. The van der Waals surface area contributed by atoms with E-state index < -0.39 is 11.2 Å². The van der Waals surface area contributed by atoms with E-state index in [1.807, 2.05) is 26.8 Å². The fourth-order valence-electron chi connectivity index (χ4n) is 2.80. The van der Waals surface area contributed by atoms with Crippen LogP contribution in [0.5, 0.6) is 0 Å². The normalized spacial score (nSPS) is 23.4. The molecule has 1 heterocycles. The highest BCUT2D eigenvalue weighted by Crippen LogP contribution is 2.43. The summed E-state index contributed by atoms with van der Waals surface area (Å²) in [6.45, 7) is 5.75. The number of hydrogen-bond acceptors (Lipinski definition) is 3. The zero-order valence-corrected chi connectivity index (χ0v) is 11.3. The van der Waals surface area contributed by atoms with Gasteiger partial charge in [0.1, 0.15) is 0 Å². The molecule has 1 spiro atoms. The van der Waals surface area contributed by atoms with Crippen molar-refractivity contribution in [3.8, 4) is 0 Å². The fourth-order valence-corrected chi connectivity index (χ4v) is 2.80. The zero-order chi connectivity index (χ0) is 13.8. The Morgan fingerprint density at radius 1 is 1.05 bits per heavy atom. The van der Waals surface area contributed by atoms with Crippen molar-refractivity contribution in [1.82, 2.24) is 0 Å². The monoisotopic (exact) mass is 256 g/mol. The molecular formula is C16H16O3. The summed E-state index contributed by atoms with van der Waals surface area (Å²) in [6, 6.07) is 6.95. The van der Waals surface area contributed by atoms with Gasteiger partial charge in [-0.15, -0.1) is 0 Å². The van der Waals surface area contributed by atoms with Gasteiger partial charge in [-0.1, -0.05) is 30.3 Å². The number of carbonyl (C=O) groups is 2. The molecule has 19 heavy (non-hydrogen) atoms. The highest BCUT2D eigenvalue weighted by molar-refractivity contribution is 6.32. The SMILES string of the molecule is CC1=CCC2(OC1(C)C)C(=O)c1ccccc1C2=O. The molecule has 1 aliphatic carbocycles. The van der Waals surface area contributed by atoms with Crippen molar-refractivity contribution in [1.29, 1.82) is 0 Å². The smallest absolute Gasteiger partial charge is 0.203 e. The molecule has 3 rings (SSSR count). The lowest BCUT2D eigenvalue weighted by molar-refractivity contribution is -0.0840. The van der Waals surface area contributed by atoms with Crippen molar-refractivity contribution in [3.05, 3.63) is 47.0 Å². The molecule has 3 heteroatoms. The maximum Gasteiger partial charge on any atom is 0.203 e. The molecule has 0 unspecified atom stereocenters. The Balaban J connectivity index is 2.15. The summed E-state index contributed by atoms with van der Waals surface area (Å²) < 4.78 is 5.97. The first-order valence-electron chi connectivity index (χ1n) is 6.44. The number of fused-ring (bicyclic) bond motifs is 1. The van der Waals surface area contributed by atoms with Crippen LogP contribution in [-0.4, -0.2) is 22.8 Å². The molecule has 0 saturated carbocycles. The maximum absolute atomic E-state index is 12.6. The predicted molar refractivity (Wildman–Crippen MR) is 71.4 cm³/mol. The molecule has 0 atom stereocenters. The number of hydrogen-bond donors (Lipinski definition) is 0. The highest BCUT2D eigenvalue weighted by atomic mass is 16.5. The van der Waals surface area contributed by atoms with Crippen molar-refractivity contribution in [2.45, 2.75) is 38.4 Å². The quantitative estimate of drug-likeness (QED) is 0.529. The molecule has 0 saturated heterocycles. The zero-order valence-electron chi connectivity index (χ0n) is 11.3. The standard InChI is InChI=1S/C16H16O3/c1-10-8-9-16(19-15(10,2)3)13(17)11-6-4-5-7-12(11)14(16)18/h4-8H,9H2,1-3H3. The number of carbonyl (C=O) groups excluding carboxylic acids is 2. The molecule has 0 radical (unpaired) electrons. The summed E-state index contributed by atoms with van der Waals surface area (Å²) in [6.07, 6.45) is 2.28. The van der Waals surface area contributed by atoms with Crippen molar-refractivity contribution < 1.29 is 14.3 Å². The first kappa shape index (κ1) is 12.3. The van der Waals surface area contributed by atoms with E-state index in [0.717, 1.165) is 5.57 Å². The Kier molecular flexibility index (Phi) is 2.36. The average Bonchev–Trinajstić information content (AvgIpc) is 2.58. The fraction of sp³-hybridized carbons (Fsp3) is 0.375. The Morgan fingerprint density at radius 3 is 2.05 bits per heavy atom. The van der Waals surface area contributed by atoms with Crippen LogP contribution in [0.1, 0.15) is 47.9 Å². The van der Waals surface area contributed by atoms with Gasteiger partial charge in [-0.2, -0.15) is 0 Å². The molecule has 98 valence electrons. The van der Waals surface area contributed by atoms with Gasteiger partial charge >= 0.3 is 0 Å². The van der Waals surface area contributed by atoms with E-state index in [2.05, 4.69) is 0 Å². The van der Waals surface area contributed by atoms with Crippen molar-refractivity contribution in [2.75, 3.05) is 0 Å². The molecule has 2 aliphatic rings. The lowest BCUT2D eigenvalue weighted by Gasteiger charge is -2.40. The predicted octanol–water partition coefficient (Wildman–Crippen LogP) is 2.95. The number of rotatable bonds is 0. The van der Waals surface area contributed by atoms with Crippen LogP contribution in [0, 0.1) is 0 Å². The molecule has 0 bridgehead atoms. The Morgan fingerprint density at radius 2 is 1.58 bits per heavy atom. The van der Waals surface area contributed by atoms with Gasteiger partial charge in [-0.05, 0) is 26.3 Å². The molecule has 0 fully saturated rings. The summed E-state index contributed by atoms with van der Waals surface area (Å²) in [5.41, 5.74) is 0.0837. The van der Waals surface area contributed by atoms with E-state index in [-0.39, 0.29) is 11.6 Å². The second-order valence-electron chi connectivity index (χ2n) is 5.73. The van der Waals surface area contributed by atoms with Gasteiger partial charge in [-0.3, -0.25) is 9.59 Å². The van der Waals surface area contributed by atoms with Crippen LogP contribution in [-0.2, 0) is 4.74 Å². The third kappa shape index (κ3) is 1.48. The van der Waals surface area contributed by atoms with Crippen LogP contribution in [0.4, 0.5) is 0 Å². The number of Topliss-reactive ketones (excluding diaryl/α,β-unsaturated/α-hetero) is 2. The third-order valence-electron chi connectivity index (χ3n) is 4.22. The minimum atomic E-state index is -1.34.